The van der Waals surface area contributed by atoms with Crippen LogP contribution in [0.15, 0.2) is 23.5 Å². The van der Waals surface area contributed by atoms with E-state index in [1.54, 1.807) is 40.4 Å². The molecule has 0 aliphatic carbocycles. The number of carbonyl (C=O) groups is 1. The number of methoxy groups -OCH3 is 3. The first-order chi connectivity index (χ1) is 10.9. The molecule has 0 saturated heterocycles. The molecule has 0 aromatic rings. The lowest BCUT2D eigenvalue weighted by Gasteiger charge is -2.08. The van der Waals surface area contributed by atoms with Gasteiger partial charge in [-0.1, -0.05) is 26.8 Å². The zero-order valence-corrected chi connectivity index (χ0v) is 17.1. The second kappa shape index (κ2) is 25.8. The monoisotopic (exact) mass is 333 g/mol. The van der Waals surface area contributed by atoms with Gasteiger partial charge in [0.1, 0.15) is 5.76 Å². The van der Waals surface area contributed by atoms with E-state index in [0.29, 0.717) is 11.3 Å². The van der Waals surface area contributed by atoms with E-state index in [9.17, 15) is 4.79 Å². The van der Waals surface area contributed by atoms with Crippen molar-refractivity contribution in [2.75, 3.05) is 49.1 Å². The van der Waals surface area contributed by atoms with Crippen molar-refractivity contribution >= 4 is 6.29 Å². The molecule has 0 amide bonds. The molecule has 0 saturated carbocycles. The Morgan fingerprint density at radius 1 is 1.13 bits per heavy atom. The molecule has 0 aromatic heterocycles. The summed E-state index contributed by atoms with van der Waals surface area (Å²) in [5, 5.41) is 0. The van der Waals surface area contributed by atoms with E-state index in [2.05, 4.69) is 30.7 Å². The van der Waals surface area contributed by atoms with Crippen molar-refractivity contribution in [3.8, 4) is 0 Å². The maximum Gasteiger partial charge on any atom is 0.153 e. The molecule has 0 aliphatic rings. The van der Waals surface area contributed by atoms with E-state index < -0.39 is 0 Å². The van der Waals surface area contributed by atoms with Crippen LogP contribution in [-0.2, 0) is 19.0 Å². The molecule has 0 aromatic carbocycles. The van der Waals surface area contributed by atoms with Crippen molar-refractivity contribution in [2.24, 2.45) is 0 Å². The first-order valence-corrected chi connectivity index (χ1v) is 7.83. The fourth-order valence-corrected chi connectivity index (χ4v) is 0.832. The Hall–Kier alpha value is -1.17. The van der Waals surface area contributed by atoms with Crippen molar-refractivity contribution in [3.63, 3.8) is 0 Å². The Balaban J connectivity index is -0.000000149. The summed E-state index contributed by atoms with van der Waals surface area (Å²) in [7, 11) is 10.5. The van der Waals surface area contributed by atoms with Crippen molar-refractivity contribution in [1.29, 1.82) is 0 Å². The Labute approximate surface area is 144 Å². The van der Waals surface area contributed by atoms with Gasteiger partial charge < -0.3 is 19.1 Å². The third-order valence-corrected chi connectivity index (χ3v) is 2.33. The van der Waals surface area contributed by atoms with Crippen LogP contribution < -0.4 is 0 Å². The fourth-order valence-electron chi connectivity index (χ4n) is 0.832. The predicted molar refractivity (Wildman–Crippen MR) is 99.9 cm³/mol. The summed E-state index contributed by atoms with van der Waals surface area (Å²) in [6.45, 7) is 10.9. The van der Waals surface area contributed by atoms with E-state index in [1.165, 1.54) is 7.11 Å². The Bertz CT molecular complexity index is 287. The minimum absolute atomic E-state index is 0.0650. The molecule has 0 bridgehead atoms. The first kappa shape index (κ1) is 29.8. The molecule has 0 rings (SSSR count). The molecule has 0 N–H and O–H groups in total. The van der Waals surface area contributed by atoms with Crippen LogP contribution in [-0.4, -0.2) is 66.4 Å². The summed E-state index contributed by atoms with van der Waals surface area (Å²) in [6, 6.07) is 0. The summed E-state index contributed by atoms with van der Waals surface area (Å²) in [5.74, 6) is 0.548. The van der Waals surface area contributed by atoms with Crippen molar-refractivity contribution < 1.29 is 19.0 Å². The van der Waals surface area contributed by atoms with Crippen molar-refractivity contribution in [1.82, 2.24) is 4.90 Å². The highest BCUT2D eigenvalue weighted by Crippen LogP contribution is 2.10. The molecule has 0 spiro atoms. The zero-order chi connectivity index (χ0) is 19.3. The Kier molecular flexibility index (Phi) is 33.4. The summed E-state index contributed by atoms with van der Waals surface area (Å²) in [6.07, 6.45) is 4.15. The highest BCUT2D eigenvalue weighted by molar-refractivity contribution is 5.78. The summed E-state index contributed by atoms with van der Waals surface area (Å²) in [5.41, 5.74) is 0.534. The SMILES string of the molecule is C/C=C(C=O)\C(=C/C(C)OC)OC.CC.CCN(C)C.COC. The number of nitrogens with zero attached hydrogens (tertiary/aromatic N) is 1. The molecular formula is C18H39NO4. The molecule has 1 unspecified atom stereocenters. The lowest BCUT2D eigenvalue weighted by atomic mass is 10.2. The lowest BCUT2D eigenvalue weighted by Crippen LogP contribution is -2.08. The van der Waals surface area contributed by atoms with Crippen LogP contribution in [0.2, 0.25) is 0 Å². The number of ether oxygens (including phenoxy) is 3. The largest absolute Gasteiger partial charge is 0.496 e. The van der Waals surface area contributed by atoms with Crippen LogP contribution in [0.25, 0.3) is 0 Å². The Morgan fingerprint density at radius 2 is 1.52 bits per heavy atom. The topological polar surface area (TPSA) is 48.0 Å². The van der Waals surface area contributed by atoms with Crippen LogP contribution in [0.4, 0.5) is 0 Å². The minimum atomic E-state index is -0.0650. The minimum Gasteiger partial charge on any atom is -0.496 e. The smallest absolute Gasteiger partial charge is 0.153 e. The van der Waals surface area contributed by atoms with Crippen LogP contribution in [0.1, 0.15) is 34.6 Å². The van der Waals surface area contributed by atoms with Gasteiger partial charge in [-0.05, 0) is 40.6 Å². The normalized spacial score (nSPS) is 11.8. The first-order valence-electron chi connectivity index (χ1n) is 7.83. The third-order valence-electron chi connectivity index (χ3n) is 2.33. The second-order valence-corrected chi connectivity index (χ2v) is 4.34. The highest BCUT2D eigenvalue weighted by atomic mass is 16.5. The number of aldehydes is 1. The average molecular weight is 334 g/mol. The van der Waals surface area contributed by atoms with Gasteiger partial charge in [0.15, 0.2) is 6.29 Å². The van der Waals surface area contributed by atoms with Gasteiger partial charge in [-0.15, -0.1) is 0 Å². The molecule has 23 heavy (non-hydrogen) atoms. The number of allylic oxidation sites excluding steroid dienone is 2. The fraction of sp³-hybridized carbons (Fsp3) is 0.722. The van der Waals surface area contributed by atoms with E-state index in [0.717, 1.165) is 12.8 Å². The molecule has 5 nitrogen and oxygen atoms in total. The Morgan fingerprint density at radius 3 is 1.70 bits per heavy atom. The number of rotatable bonds is 6. The predicted octanol–water partition coefficient (Wildman–Crippen LogP) is 3.55. The van der Waals surface area contributed by atoms with Gasteiger partial charge in [0.05, 0.1) is 18.8 Å². The standard InChI is InChI=1S/C10H16O3.C4H11N.C2H6O.C2H6/c1-5-9(7-11)10(13-4)6-8(2)12-3;1-4-5(2)3;1-3-2;1-2/h5-8H,1-4H3;4H2,1-3H3;1-2H3;1-2H3/b9-5-,10-6+;;;. The van der Waals surface area contributed by atoms with Gasteiger partial charge in [-0.25, -0.2) is 0 Å². The molecule has 0 radical (unpaired) electrons. The molecule has 1 atom stereocenters. The van der Waals surface area contributed by atoms with Gasteiger partial charge >= 0.3 is 0 Å². The number of carbonyl (C=O) groups excluding carboxylic acids is 1. The quantitative estimate of drug-likeness (QED) is 0.322. The zero-order valence-electron chi connectivity index (χ0n) is 17.1. The van der Waals surface area contributed by atoms with Gasteiger partial charge in [-0.2, -0.15) is 0 Å². The maximum atomic E-state index is 10.6. The van der Waals surface area contributed by atoms with E-state index in [1.807, 2.05) is 20.8 Å². The van der Waals surface area contributed by atoms with E-state index in [4.69, 9.17) is 9.47 Å². The van der Waals surface area contributed by atoms with Crippen LogP contribution in [0.3, 0.4) is 0 Å². The molecule has 0 fully saturated rings. The second-order valence-electron chi connectivity index (χ2n) is 4.34. The molecule has 5 heteroatoms. The van der Waals surface area contributed by atoms with Crippen LogP contribution in [0.5, 0.6) is 0 Å². The lowest BCUT2D eigenvalue weighted by molar-refractivity contribution is -0.105. The number of hydrogen-bond donors (Lipinski definition) is 0. The van der Waals surface area contributed by atoms with E-state index in [-0.39, 0.29) is 6.10 Å². The van der Waals surface area contributed by atoms with Gasteiger partial charge in [0.2, 0.25) is 0 Å². The van der Waals surface area contributed by atoms with Crippen LogP contribution >= 0.6 is 0 Å². The maximum absolute atomic E-state index is 10.6. The summed E-state index contributed by atoms with van der Waals surface area (Å²) >= 11 is 0. The summed E-state index contributed by atoms with van der Waals surface area (Å²) < 4.78 is 14.3. The molecule has 140 valence electrons. The van der Waals surface area contributed by atoms with Gasteiger partial charge in [0.25, 0.3) is 0 Å². The van der Waals surface area contributed by atoms with E-state index >= 15 is 0 Å². The molecule has 0 aliphatic heterocycles. The average Bonchev–Trinajstić information content (AvgIpc) is 2.57. The van der Waals surface area contributed by atoms with Crippen molar-refractivity contribution in [2.45, 2.75) is 40.7 Å². The van der Waals surface area contributed by atoms with Gasteiger partial charge in [-0.3, -0.25) is 4.79 Å². The number of hydrogen-bond acceptors (Lipinski definition) is 5. The van der Waals surface area contributed by atoms with Crippen molar-refractivity contribution in [3.05, 3.63) is 23.5 Å². The third kappa shape index (κ3) is 26.1. The van der Waals surface area contributed by atoms with Crippen LogP contribution in [0, 0.1) is 0 Å². The van der Waals surface area contributed by atoms with Gasteiger partial charge in [0, 0.05) is 21.3 Å². The molecular weight excluding hydrogens is 294 g/mol. The highest BCUT2D eigenvalue weighted by Gasteiger charge is 2.05. The molecule has 0 heterocycles. The summed E-state index contributed by atoms with van der Waals surface area (Å²) in [4.78, 5) is 12.7.